The molecule has 52 heavy (non-hydrogen) atoms. The minimum absolute atomic E-state index is 0.645. The summed E-state index contributed by atoms with van der Waals surface area (Å²) in [5, 5.41) is 9.38. The highest BCUT2D eigenvalue weighted by molar-refractivity contribution is 6.20. The number of fused-ring (bicyclic) bond motifs is 9. The van der Waals surface area contributed by atoms with Crippen molar-refractivity contribution in [3.8, 4) is 39.6 Å². The standard InChI is InChI=1S/C48H29N3O/c1-3-13-30(14-4-1)42-29-43(31-15-5-2-6-16-31)50-48(49-42)51-44-21-11-9-19-36(44)40-25-32(23-24-45(40)51)38-26-33-27-41-37-20-10-12-22-46(37)52-47(41)28-39(33)35-18-8-7-17-34(35)38/h1-29H. The Kier molecular flexibility index (Phi) is 6.22. The molecule has 4 nitrogen and oxygen atoms in total. The van der Waals surface area contributed by atoms with Gasteiger partial charge in [0.2, 0.25) is 5.95 Å². The minimum atomic E-state index is 0.645. The van der Waals surface area contributed by atoms with E-state index in [0.717, 1.165) is 71.8 Å². The van der Waals surface area contributed by atoms with Crippen molar-refractivity contribution in [3.05, 3.63) is 176 Å². The molecule has 11 aromatic rings. The van der Waals surface area contributed by atoms with Gasteiger partial charge >= 0.3 is 0 Å². The van der Waals surface area contributed by atoms with Crippen LogP contribution in [0.3, 0.4) is 0 Å². The zero-order chi connectivity index (χ0) is 34.2. The molecule has 0 spiro atoms. The van der Waals surface area contributed by atoms with Crippen LogP contribution in [0.25, 0.3) is 105 Å². The van der Waals surface area contributed by atoms with Crippen molar-refractivity contribution in [1.82, 2.24) is 14.5 Å². The fourth-order valence-electron chi connectivity index (χ4n) is 7.97. The summed E-state index contributed by atoms with van der Waals surface area (Å²) < 4.78 is 8.52. The number of aromatic nitrogens is 3. The zero-order valence-electron chi connectivity index (χ0n) is 28.0. The van der Waals surface area contributed by atoms with Crippen LogP contribution in [0.15, 0.2) is 180 Å². The Morgan fingerprint density at radius 1 is 0.365 bits per heavy atom. The Morgan fingerprint density at radius 2 is 0.981 bits per heavy atom. The smallest absolute Gasteiger partial charge is 0.235 e. The lowest BCUT2D eigenvalue weighted by molar-refractivity contribution is 0.669. The third kappa shape index (κ3) is 4.41. The number of benzene rings is 8. The fraction of sp³-hybridized carbons (Fsp3) is 0. The van der Waals surface area contributed by atoms with Crippen LogP contribution in [0.4, 0.5) is 0 Å². The third-order valence-electron chi connectivity index (χ3n) is 10.4. The Bertz CT molecular complexity index is 3120. The lowest BCUT2D eigenvalue weighted by Gasteiger charge is -2.13. The summed E-state index contributed by atoms with van der Waals surface area (Å²) >= 11 is 0. The molecule has 0 radical (unpaired) electrons. The molecule has 11 rings (SSSR count). The second-order valence-electron chi connectivity index (χ2n) is 13.4. The number of hydrogen-bond donors (Lipinski definition) is 0. The first kappa shape index (κ1) is 28.8. The molecule has 0 N–H and O–H groups in total. The van der Waals surface area contributed by atoms with Gasteiger partial charge in [-0.25, -0.2) is 9.97 Å². The SMILES string of the molecule is c1ccc(-c2cc(-c3ccccc3)nc(-n3c4ccccc4c4cc(-c5cc6cc7c(cc6c6ccccc56)oc5ccccc57)ccc43)n2)cc1. The topological polar surface area (TPSA) is 43.9 Å². The molecule has 242 valence electrons. The third-order valence-corrected chi connectivity index (χ3v) is 10.4. The van der Waals surface area contributed by atoms with Crippen LogP contribution < -0.4 is 0 Å². The van der Waals surface area contributed by atoms with Crippen molar-refractivity contribution in [1.29, 1.82) is 0 Å². The molecule has 0 unspecified atom stereocenters. The van der Waals surface area contributed by atoms with Crippen LogP contribution in [0.1, 0.15) is 0 Å². The lowest BCUT2D eigenvalue weighted by Crippen LogP contribution is -2.04. The van der Waals surface area contributed by atoms with Crippen molar-refractivity contribution in [2.75, 3.05) is 0 Å². The molecular weight excluding hydrogens is 635 g/mol. The van der Waals surface area contributed by atoms with E-state index in [9.17, 15) is 0 Å². The molecule has 3 aromatic heterocycles. The first-order valence-electron chi connectivity index (χ1n) is 17.6. The van der Waals surface area contributed by atoms with Crippen molar-refractivity contribution in [2.45, 2.75) is 0 Å². The van der Waals surface area contributed by atoms with Gasteiger partial charge in [-0.15, -0.1) is 0 Å². The first-order valence-corrected chi connectivity index (χ1v) is 17.6. The summed E-state index contributed by atoms with van der Waals surface area (Å²) in [6, 6.07) is 62.0. The lowest BCUT2D eigenvalue weighted by atomic mass is 9.92. The van der Waals surface area contributed by atoms with Crippen molar-refractivity contribution in [3.63, 3.8) is 0 Å². The van der Waals surface area contributed by atoms with E-state index >= 15 is 0 Å². The van der Waals surface area contributed by atoms with Crippen molar-refractivity contribution >= 4 is 65.3 Å². The van der Waals surface area contributed by atoms with Gasteiger partial charge in [-0.1, -0.05) is 127 Å². The van der Waals surface area contributed by atoms with Gasteiger partial charge in [-0.2, -0.15) is 0 Å². The molecule has 0 amide bonds. The zero-order valence-corrected chi connectivity index (χ0v) is 28.0. The summed E-state index contributed by atoms with van der Waals surface area (Å²) in [6.07, 6.45) is 0. The van der Waals surface area contributed by atoms with E-state index in [0.29, 0.717) is 5.95 Å². The van der Waals surface area contributed by atoms with E-state index in [2.05, 4.69) is 156 Å². The second-order valence-corrected chi connectivity index (χ2v) is 13.4. The predicted octanol–water partition coefficient (Wildman–Crippen LogP) is 12.8. The van der Waals surface area contributed by atoms with Crippen LogP contribution in [-0.2, 0) is 0 Å². The molecule has 0 aliphatic carbocycles. The van der Waals surface area contributed by atoms with Gasteiger partial charge in [0.25, 0.3) is 0 Å². The van der Waals surface area contributed by atoms with E-state index in [4.69, 9.17) is 14.4 Å². The average molecular weight is 664 g/mol. The molecular formula is C48H29N3O. The van der Waals surface area contributed by atoms with Crippen LogP contribution in [0.2, 0.25) is 0 Å². The van der Waals surface area contributed by atoms with Crippen molar-refractivity contribution < 1.29 is 4.42 Å². The molecule has 0 aliphatic rings. The van der Waals surface area contributed by atoms with Crippen LogP contribution in [0.5, 0.6) is 0 Å². The molecule has 3 heterocycles. The Balaban J connectivity index is 1.15. The van der Waals surface area contributed by atoms with Gasteiger partial charge in [0.15, 0.2) is 0 Å². The molecule has 4 heteroatoms. The van der Waals surface area contributed by atoms with Crippen LogP contribution >= 0.6 is 0 Å². The molecule has 0 saturated carbocycles. The van der Waals surface area contributed by atoms with E-state index in [1.54, 1.807) is 0 Å². The van der Waals surface area contributed by atoms with E-state index in [-0.39, 0.29) is 0 Å². The highest BCUT2D eigenvalue weighted by Crippen LogP contribution is 2.41. The largest absolute Gasteiger partial charge is 0.456 e. The number of para-hydroxylation sites is 2. The molecule has 0 atom stereocenters. The number of furan rings is 1. The summed E-state index contributed by atoms with van der Waals surface area (Å²) in [5.74, 6) is 0.645. The molecule has 8 aromatic carbocycles. The minimum Gasteiger partial charge on any atom is -0.456 e. The van der Waals surface area contributed by atoms with E-state index in [1.165, 1.54) is 27.1 Å². The highest BCUT2D eigenvalue weighted by Gasteiger charge is 2.19. The number of rotatable bonds is 4. The Hall–Kier alpha value is -7.04. The van der Waals surface area contributed by atoms with Crippen LogP contribution in [0, 0.1) is 0 Å². The highest BCUT2D eigenvalue weighted by atomic mass is 16.3. The van der Waals surface area contributed by atoms with Crippen LogP contribution in [-0.4, -0.2) is 14.5 Å². The molecule has 0 aliphatic heterocycles. The molecule has 0 fully saturated rings. The second kappa shape index (κ2) is 11.2. The summed E-state index contributed by atoms with van der Waals surface area (Å²) in [6.45, 7) is 0. The maximum atomic E-state index is 6.30. The molecule has 0 bridgehead atoms. The quantitative estimate of drug-likeness (QED) is 0.176. The van der Waals surface area contributed by atoms with Gasteiger partial charge in [-0.05, 0) is 81.2 Å². The van der Waals surface area contributed by atoms with E-state index < -0.39 is 0 Å². The molecule has 0 saturated heterocycles. The number of nitrogens with zero attached hydrogens (tertiary/aromatic N) is 3. The van der Waals surface area contributed by atoms with Crippen molar-refractivity contribution in [2.24, 2.45) is 0 Å². The normalized spacial score (nSPS) is 11.8. The predicted molar refractivity (Wildman–Crippen MR) is 215 cm³/mol. The summed E-state index contributed by atoms with van der Waals surface area (Å²) in [4.78, 5) is 10.4. The summed E-state index contributed by atoms with van der Waals surface area (Å²) in [5.41, 5.74) is 10.2. The first-order chi connectivity index (χ1) is 25.8. The van der Waals surface area contributed by atoms with Gasteiger partial charge in [-0.3, -0.25) is 4.57 Å². The average Bonchev–Trinajstić information content (AvgIpc) is 3.75. The maximum Gasteiger partial charge on any atom is 0.235 e. The van der Waals surface area contributed by atoms with Gasteiger partial charge in [0, 0.05) is 32.7 Å². The maximum absolute atomic E-state index is 6.30. The Morgan fingerprint density at radius 3 is 1.73 bits per heavy atom. The van der Waals surface area contributed by atoms with Gasteiger partial charge in [0.05, 0.1) is 22.4 Å². The van der Waals surface area contributed by atoms with Gasteiger partial charge < -0.3 is 4.42 Å². The van der Waals surface area contributed by atoms with Gasteiger partial charge in [0.1, 0.15) is 11.2 Å². The van der Waals surface area contributed by atoms with E-state index in [1.807, 2.05) is 24.3 Å². The fourth-order valence-corrected chi connectivity index (χ4v) is 7.97. The monoisotopic (exact) mass is 663 g/mol. The number of hydrogen-bond acceptors (Lipinski definition) is 3. The summed E-state index contributed by atoms with van der Waals surface area (Å²) in [7, 11) is 0. The Labute approximate surface area is 298 Å².